The molecule has 0 saturated heterocycles. The Bertz CT molecular complexity index is 2970. The van der Waals surface area contributed by atoms with Crippen LogP contribution in [0.25, 0.3) is 98.7 Å². The van der Waals surface area contributed by atoms with Crippen molar-refractivity contribution in [3.8, 4) is 22.3 Å². The van der Waals surface area contributed by atoms with Gasteiger partial charge in [-0.15, -0.1) is 0 Å². The molecule has 0 aliphatic heterocycles. The van der Waals surface area contributed by atoms with Gasteiger partial charge in [-0.05, 0) is 66.0 Å². The second kappa shape index (κ2) is 10.8. The summed E-state index contributed by atoms with van der Waals surface area (Å²) in [6, 6.07) is 48.0. The Morgan fingerprint density at radius 1 is 0.440 bits per heavy atom. The van der Waals surface area contributed by atoms with Crippen molar-refractivity contribution in [2.45, 2.75) is 0 Å². The van der Waals surface area contributed by atoms with E-state index in [4.69, 9.17) is 4.98 Å². The van der Waals surface area contributed by atoms with Crippen LogP contribution in [0.5, 0.6) is 0 Å². The van der Waals surface area contributed by atoms with E-state index in [-0.39, 0.29) is 21.9 Å². The molecule has 4 aromatic heterocycles. The number of H-pyrrole nitrogens is 3. The van der Waals surface area contributed by atoms with E-state index in [0.717, 1.165) is 66.1 Å². The smallest absolute Gasteiger partial charge is 0.303 e. The molecular weight excluding hydrogens is 617 g/mol. The molecule has 6 heteroatoms. The first-order valence-corrected chi connectivity index (χ1v) is 16.6. The number of hydrogen-bond donors (Lipinski definition) is 3. The van der Waals surface area contributed by atoms with E-state index >= 15 is 0 Å². The highest BCUT2D eigenvalue weighted by Gasteiger charge is 2.23. The highest BCUT2D eigenvalue weighted by molar-refractivity contribution is 6.20. The Morgan fingerprint density at radius 3 is 1.60 bits per heavy atom. The number of rotatable bonds is 2. The van der Waals surface area contributed by atoms with Gasteiger partial charge in [0.1, 0.15) is 60.4 Å². The van der Waals surface area contributed by atoms with Gasteiger partial charge in [-0.25, -0.2) is 9.78 Å². The molecule has 0 aliphatic rings. The summed E-state index contributed by atoms with van der Waals surface area (Å²) in [5.74, 6) is 0. The number of nitrogens with zero attached hydrogens (tertiary/aromatic N) is 1. The molecule has 0 radical (unpaired) electrons. The number of fused-ring (bicyclic) bond motifs is 14. The van der Waals surface area contributed by atoms with Crippen molar-refractivity contribution in [2.24, 2.45) is 0 Å². The van der Waals surface area contributed by atoms with E-state index in [1.54, 1.807) is 0 Å². The minimum atomic E-state index is -0.211. The maximum absolute atomic E-state index is 14.2. The maximum atomic E-state index is 14.2. The molecule has 3 N–H and O–H groups in total. The highest BCUT2D eigenvalue weighted by atomic mass is 16.1. The number of hydrogen-bond acceptors (Lipinski definition) is 3. The molecule has 0 unspecified atom stereocenters. The molecule has 10 aromatic rings. The molecule has 50 heavy (non-hydrogen) atoms. The Labute approximate surface area is 284 Å². The SMILES string of the molecule is O=c1c2ccccc2c2c3ccc([nH]3)[c+](-c3ccccc3)c3ccc([nH]3)[c+](-c3ccccc3)c3ccc([nH]3)[c+]3c(nc12)c(=O)c1ccccc13. The molecule has 10 rings (SSSR count). The van der Waals surface area contributed by atoms with Crippen molar-refractivity contribution in [3.05, 3.63) is 166 Å². The van der Waals surface area contributed by atoms with Crippen LogP contribution in [-0.4, -0.2) is 19.9 Å². The zero-order valence-electron chi connectivity index (χ0n) is 26.6. The number of nitrogens with one attached hydrogen (secondary N) is 3. The van der Waals surface area contributed by atoms with Gasteiger partial charge in [-0.1, -0.05) is 24.3 Å². The Morgan fingerprint density at radius 2 is 0.940 bits per heavy atom. The summed E-state index contributed by atoms with van der Waals surface area (Å²) < 4.78 is 0. The summed E-state index contributed by atoms with van der Waals surface area (Å²) >= 11 is 0. The predicted molar refractivity (Wildman–Crippen MR) is 206 cm³/mol. The summed E-state index contributed by atoms with van der Waals surface area (Å²) in [5.41, 5.74) is 9.22. The minimum absolute atomic E-state index is 0.211. The molecule has 6 nitrogen and oxygen atoms in total. The van der Waals surface area contributed by atoms with E-state index in [0.29, 0.717) is 21.5 Å². The van der Waals surface area contributed by atoms with Gasteiger partial charge in [0.25, 0.3) is 0 Å². The Kier molecular flexibility index (Phi) is 6.08. The molecule has 6 bridgehead atoms. The number of benzene rings is 4. The van der Waals surface area contributed by atoms with Crippen LogP contribution in [0.1, 0.15) is 0 Å². The minimum Gasteiger partial charge on any atom is -0.341 e. The lowest BCUT2D eigenvalue weighted by Gasteiger charge is -1.97. The van der Waals surface area contributed by atoms with Gasteiger partial charge in [-0.2, -0.15) is 0 Å². The molecule has 0 saturated carbocycles. The molecule has 0 amide bonds. The van der Waals surface area contributed by atoms with Gasteiger partial charge in [0.05, 0.1) is 40.9 Å². The van der Waals surface area contributed by atoms with E-state index in [1.165, 1.54) is 0 Å². The average Bonchev–Trinajstić information content (AvgIpc) is 4.00. The predicted octanol–water partition coefficient (Wildman–Crippen LogP) is 10.0. The van der Waals surface area contributed by atoms with Crippen LogP contribution in [0.2, 0.25) is 0 Å². The molecule has 6 aromatic carbocycles. The first-order valence-electron chi connectivity index (χ1n) is 16.6. The molecule has 0 atom stereocenters. The normalized spacial score (nSPS) is 11.8. The second-order valence-corrected chi connectivity index (χ2v) is 12.6. The van der Waals surface area contributed by atoms with Gasteiger partial charge >= 0.3 is 5.43 Å². The number of aromatic amines is 3. The molecule has 0 fully saturated rings. The lowest BCUT2D eigenvalue weighted by atomic mass is 10.1. The van der Waals surface area contributed by atoms with Gasteiger partial charge < -0.3 is 15.0 Å². The van der Waals surface area contributed by atoms with Crippen LogP contribution < -0.4 is 10.9 Å². The topological polar surface area (TPSA) is 94.4 Å². The molecular formula is C44H27N4O2+3. The van der Waals surface area contributed by atoms with Crippen LogP contribution in [0, 0.1) is 0 Å². The fraction of sp³-hybridized carbons (Fsp3) is 0. The average molecular weight is 644 g/mol. The zero-order chi connectivity index (χ0) is 33.3. The van der Waals surface area contributed by atoms with Gasteiger partial charge in [0, 0.05) is 47.2 Å². The Hall–Kier alpha value is -6.92. The maximum Gasteiger partial charge on any atom is 0.303 e. The quantitative estimate of drug-likeness (QED) is 0.164. The lowest BCUT2D eigenvalue weighted by molar-refractivity contribution is 1.49. The molecule has 232 valence electrons. The molecule has 4 heterocycles. The highest BCUT2D eigenvalue weighted by Crippen LogP contribution is 2.35. The first kappa shape index (κ1) is 28.1. The summed E-state index contributed by atoms with van der Waals surface area (Å²) in [4.78, 5) is 44.6. The van der Waals surface area contributed by atoms with Crippen LogP contribution in [-0.2, 0) is 0 Å². The monoisotopic (exact) mass is 643 g/mol. The molecule has 0 spiro atoms. The van der Waals surface area contributed by atoms with E-state index in [2.05, 4.69) is 51.4 Å². The largest absolute Gasteiger partial charge is 0.341 e. The number of aromatic nitrogens is 4. The summed E-state index contributed by atoms with van der Waals surface area (Å²) in [7, 11) is 0. The van der Waals surface area contributed by atoms with Gasteiger partial charge in [0.15, 0.2) is 5.52 Å². The fourth-order valence-electron chi connectivity index (χ4n) is 7.59. The second-order valence-electron chi connectivity index (χ2n) is 12.6. The van der Waals surface area contributed by atoms with E-state index < -0.39 is 0 Å². The van der Waals surface area contributed by atoms with Gasteiger partial charge in [-0.3, -0.25) is 4.79 Å². The van der Waals surface area contributed by atoms with Crippen molar-refractivity contribution < 1.29 is 0 Å². The first-order chi connectivity index (χ1) is 24.6. The van der Waals surface area contributed by atoms with Crippen molar-refractivity contribution in [3.63, 3.8) is 0 Å². The lowest BCUT2D eigenvalue weighted by Crippen LogP contribution is -1.99. The van der Waals surface area contributed by atoms with Crippen molar-refractivity contribution in [2.75, 3.05) is 0 Å². The fourth-order valence-corrected chi connectivity index (χ4v) is 7.59. The van der Waals surface area contributed by atoms with Crippen molar-refractivity contribution in [1.29, 1.82) is 0 Å². The summed E-state index contributed by atoms with van der Waals surface area (Å²) in [5, 5.41) is 4.03. The third-order valence-corrected chi connectivity index (χ3v) is 9.81. The third-order valence-electron chi connectivity index (χ3n) is 9.81. The van der Waals surface area contributed by atoms with E-state index in [9.17, 15) is 9.59 Å². The Balaban J connectivity index is 1.51. The molecule has 0 aliphatic carbocycles. The van der Waals surface area contributed by atoms with Crippen LogP contribution in [0.3, 0.4) is 0 Å². The van der Waals surface area contributed by atoms with Crippen molar-refractivity contribution >= 4 is 76.5 Å². The van der Waals surface area contributed by atoms with Crippen LogP contribution >= 0.6 is 0 Å². The standard InChI is InChI=1S/C44H26N4O2/c49-43-29-17-9-7-15-27(29)39-35-23-21-33(46-35)37(25-11-3-1-4-12-25)31-19-20-32(45-31)38(26-13-5-2-6-14-26)34-22-24-36(47-34)40-28-16-8-10-18-30(28)44(50)42(40)48-41(39)43/h1-24,45-46H/q+2/p+1. The van der Waals surface area contributed by atoms with E-state index in [1.807, 2.05) is 109 Å². The van der Waals surface area contributed by atoms with Crippen LogP contribution in [0.15, 0.2) is 155 Å². The third kappa shape index (κ3) is 4.15. The summed E-state index contributed by atoms with van der Waals surface area (Å²) in [6.07, 6.45) is 0. The van der Waals surface area contributed by atoms with Crippen LogP contribution in [0.4, 0.5) is 0 Å². The summed E-state index contributed by atoms with van der Waals surface area (Å²) in [6.45, 7) is 0. The van der Waals surface area contributed by atoms with Crippen molar-refractivity contribution in [1.82, 2.24) is 19.9 Å². The zero-order valence-corrected chi connectivity index (χ0v) is 26.6. The van der Waals surface area contributed by atoms with Gasteiger partial charge in [0.2, 0.25) is 5.43 Å².